The smallest absolute Gasteiger partial charge is 0.307 e. The Morgan fingerprint density at radius 3 is 2.61 bits per heavy atom. The lowest BCUT2D eigenvalue weighted by molar-refractivity contribution is -0.146. The second-order valence-electron chi connectivity index (χ2n) is 5.38. The Labute approximate surface area is 107 Å². The van der Waals surface area contributed by atoms with Crippen LogP contribution in [0.1, 0.15) is 38.5 Å². The summed E-state index contributed by atoms with van der Waals surface area (Å²) in [5.41, 5.74) is 0. The van der Waals surface area contributed by atoms with Crippen molar-refractivity contribution in [3.63, 3.8) is 0 Å². The number of nitrogens with one attached hydrogen (secondary N) is 1. The van der Waals surface area contributed by atoms with Crippen LogP contribution in [0.15, 0.2) is 12.2 Å². The van der Waals surface area contributed by atoms with Crippen molar-refractivity contribution in [3.8, 4) is 0 Å². The van der Waals surface area contributed by atoms with E-state index in [-0.39, 0.29) is 11.8 Å². The topological polar surface area (TPSA) is 66.4 Å². The van der Waals surface area contributed by atoms with Crippen molar-refractivity contribution in [1.29, 1.82) is 0 Å². The molecule has 2 N–H and O–H groups in total. The highest BCUT2D eigenvalue weighted by atomic mass is 16.4. The molecule has 2 aliphatic rings. The third-order valence-corrected chi connectivity index (χ3v) is 4.11. The van der Waals surface area contributed by atoms with Gasteiger partial charge in [0.2, 0.25) is 5.91 Å². The number of carbonyl (C=O) groups is 2. The third-order valence-electron chi connectivity index (χ3n) is 4.11. The summed E-state index contributed by atoms with van der Waals surface area (Å²) in [4.78, 5) is 23.0. The Kier molecular flexibility index (Phi) is 4.39. The normalized spacial score (nSPS) is 31.2. The van der Waals surface area contributed by atoms with Crippen LogP contribution in [0, 0.1) is 17.8 Å². The molecule has 100 valence electrons. The van der Waals surface area contributed by atoms with Crippen molar-refractivity contribution in [2.45, 2.75) is 38.5 Å². The molecule has 0 bridgehead atoms. The number of carboxylic acid groups (broad SMARTS) is 1. The van der Waals surface area contributed by atoms with Crippen LogP contribution >= 0.6 is 0 Å². The van der Waals surface area contributed by atoms with Gasteiger partial charge in [-0.1, -0.05) is 18.6 Å². The molecule has 3 atom stereocenters. The highest BCUT2D eigenvalue weighted by Crippen LogP contribution is 2.32. The van der Waals surface area contributed by atoms with Gasteiger partial charge in [0.1, 0.15) is 0 Å². The molecule has 0 aromatic heterocycles. The number of aliphatic carboxylic acids is 1. The number of hydrogen-bond donors (Lipinski definition) is 2. The molecule has 0 spiro atoms. The van der Waals surface area contributed by atoms with Gasteiger partial charge in [0.05, 0.1) is 11.8 Å². The van der Waals surface area contributed by atoms with E-state index >= 15 is 0 Å². The van der Waals surface area contributed by atoms with E-state index in [0.717, 1.165) is 25.7 Å². The molecular formula is C14H21NO3. The molecule has 1 unspecified atom stereocenters. The zero-order chi connectivity index (χ0) is 13.0. The van der Waals surface area contributed by atoms with Crippen LogP contribution in [0.25, 0.3) is 0 Å². The molecule has 2 aliphatic carbocycles. The number of carboxylic acids is 1. The van der Waals surface area contributed by atoms with Gasteiger partial charge in [-0.3, -0.25) is 9.59 Å². The average Bonchev–Trinajstić information content (AvgIpc) is 2.86. The summed E-state index contributed by atoms with van der Waals surface area (Å²) in [7, 11) is 0. The lowest BCUT2D eigenvalue weighted by atomic mass is 9.92. The maximum atomic E-state index is 12.0. The summed E-state index contributed by atoms with van der Waals surface area (Å²) in [5.74, 6) is -1.16. The maximum Gasteiger partial charge on any atom is 0.307 e. The molecule has 2 rings (SSSR count). The van der Waals surface area contributed by atoms with Gasteiger partial charge < -0.3 is 10.4 Å². The van der Waals surface area contributed by atoms with Gasteiger partial charge in [-0.2, -0.15) is 0 Å². The second kappa shape index (κ2) is 6.03. The fourth-order valence-corrected chi connectivity index (χ4v) is 2.99. The zero-order valence-electron chi connectivity index (χ0n) is 10.6. The van der Waals surface area contributed by atoms with Gasteiger partial charge >= 0.3 is 5.97 Å². The van der Waals surface area contributed by atoms with Gasteiger partial charge in [-0.05, 0) is 38.0 Å². The fourth-order valence-electron chi connectivity index (χ4n) is 2.99. The summed E-state index contributed by atoms with van der Waals surface area (Å²) in [6, 6.07) is 0. The standard InChI is InChI=1S/C14H21NO3/c16-13(11-7-4-8-12(11)14(17)18)15-9-10-5-2-1-3-6-10/h1-2,10-12H,3-9H2,(H,15,16)(H,17,18)/t10?,11-,12+/m1/s1. The summed E-state index contributed by atoms with van der Waals surface area (Å²) in [6.07, 6.45) is 9.76. The predicted octanol–water partition coefficient (Wildman–Crippen LogP) is 1.96. The lowest BCUT2D eigenvalue weighted by Gasteiger charge is -2.21. The Bertz CT molecular complexity index is 351. The van der Waals surface area contributed by atoms with E-state index in [0.29, 0.717) is 25.3 Å². The van der Waals surface area contributed by atoms with Gasteiger partial charge in [-0.15, -0.1) is 0 Å². The molecular weight excluding hydrogens is 230 g/mol. The Morgan fingerprint density at radius 1 is 1.17 bits per heavy atom. The molecule has 0 aliphatic heterocycles. The van der Waals surface area contributed by atoms with E-state index in [9.17, 15) is 9.59 Å². The van der Waals surface area contributed by atoms with Crippen LogP contribution in [0.2, 0.25) is 0 Å². The quantitative estimate of drug-likeness (QED) is 0.751. The number of amides is 1. The number of hydrogen-bond acceptors (Lipinski definition) is 2. The van der Waals surface area contributed by atoms with E-state index in [1.54, 1.807) is 0 Å². The van der Waals surface area contributed by atoms with E-state index in [4.69, 9.17) is 5.11 Å². The second-order valence-corrected chi connectivity index (χ2v) is 5.38. The first-order valence-electron chi connectivity index (χ1n) is 6.84. The number of carbonyl (C=O) groups excluding carboxylic acids is 1. The molecule has 0 aromatic carbocycles. The van der Waals surface area contributed by atoms with Crippen LogP contribution in [0.5, 0.6) is 0 Å². The highest BCUT2D eigenvalue weighted by molar-refractivity contribution is 5.85. The van der Waals surface area contributed by atoms with Gasteiger partial charge in [0.25, 0.3) is 0 Å². The van der Waals surface area contributed by atoms with Crippen molar-refractivity contribution in [3.05, 3.63) is 12.2 Å². The monoisotopic (exact) mass is 251 g/mol. The fraction of sp³-hybridized carbons (Fsp3) is 0.714. The lowest BCUT2D eigenvalue weighted by Crippen LogP contribution is -2.37. The maximum absolute atomic E-state index is 12.0. The van der Waals surface area contributed by atoms with Crippen LogP contribution in [0.3, 0.4) is 0 Å². The van der Waals surface area contributed by atoms with Crippen LogP contribution in [0.4, 0.5) is 0 Å². The number of allylic oxidation sites excluding steroid dienone is 2. The molecule has 0 radical (unpaired) electrons. The minimum atomic E-state index is -0.826. The summed E-state index contributed by atoms with van der Waals surface area (Å²) >= 11 is 0. The minimum Gasteiger partial charge on any atom is -0.481 e. The van der Waals surface area contributed by atoms with E-state index in [1.807, 2.05) is 0 Å². The summed E-state index contributed by atoms with van der Waals surface area (Å²) < 4.78 is 0. The van der Waals surface area contributed by atoms with Gasteiger partial charge in [-0.25, -0.2) is 0 Å². The molecule has 1 saturated carbocycles. The number of rotatable bonds is 4. The van der Waals surface area contributed by atoms with E-state index in [2.05, 4.69) is 17.5 Å². The first-order valence-corrected chi connectivity index (χ1v) is 6.84. The zero-order valence-corrected chi connectivity index (χ0v) is 10.6. The molecule has 4 heteroatoms. The van der Waals surface area contributed by atoms with Crippen molar-refractivity contribution >= 4 is 11.9 Å². The first-order chi connectivity index (χ1) is 8.68. The average molecular weight is 251 g/mol. The van der Waals surface area contributed by atoms with Crippen molar-refractivity contribution in [2.75, 3.05) is 6.54 Å². The highest BCUT2D eigenvalue weighted by Gasteiger charge is 2.37. The van der Waals surface area contributed by atoms with Crippen molar-refractivity contribution in [2.24, 2.45) is 17.8 Å². The van der Waals surface area contributed by atoms with E-state index < -0.39 is 11.9 Å². The molecule has 1 fully saturated rings. The van der Waals surface area contributed by atoms with E-state index in [1.165, 1.54) is 0 Å². The largest absolute Gasteiger partial charge is 0.481 e. The van der Waals surface area contributed by atoms with Crippen LogP contribution in [-0.4, -0.2) is 23.5 Å². The molecule has 1 amide bonds. The van der Waals surface area contributed by atoms with Crippen LogP contribution < -0.4 is 5.32 Å². The molecule has 0 heterocycles. The van der Waals surface area contributed by atoms with Gasteiger partial charge in [0, 0.05) is 6.54 Å². The van der Waals surface area contributed by atoms with Gasteiger partial charge in [0.15, 0.2) is 0 Å². The Hall–Kier alpha value is -1.32. The first kappa shape index (κ1) is 13.1. The SMILES string of the molecule is O=C(O)[C@H]1CCC[C@H]1C(=O)NCC1CC=CCC1. The molecule has 0 saturated heterocycles. The summed E-state index contributed by atoms with van der Waals surface area (Å²) in [5, 5.41) is 12.0. The van der Waals surface area contributed by atoms with Crippen LogP contribution in [-0.2, 0) is 9.59 Å². The minimum absolute atomic E-state index is 0.0607. The van der Waals surface area contributed by atoms with Crippen molar-refractivity contribution in [1.82, 2.24) is 5.32 Å². The Balaban J connectivity index is 1.80. The third kappa shape index (κ3) is 3.12. The molecule has 18 heavy (non-hydrogen) atoms. The summed E-state index contributed by atoms with van der Waals surface area (Å²) in [6.45, 7) is 0.687. The van der Waals surface area contributed by atoms with Crippen molar-refractivity contribution < 1.29 is 14.7 Å². The predicted molar refractivity (Wildman–Crippen MR) is 68.0 cm³/mol. The Morgan fingerprint density at radius 2 is 1.94 bits per heavy atom. The molecule has 0 aromatic rings. The molecule has 4 nitrogen and oxygen atoms in total.